The van der Waals surface area contributed by atoms with Crippen LogP contribution in [0.5, 0.6) is 0 Å². The zero-order valence-corrected chi connectivity index (χ0v) is 17.4. The van der Waals surface area contributed by atoms with E-state index < -0.39 is 17.9 Å². The molecule has 3 N–H and O–H groups in total. The third-order valence-electron chi connectivity index (χ3n) is 3.73. The fourth-order valence-electron chi connectivity index (χ4n) is 3.08. The molecule has 2 aliphatic carbocycles. The summed E-state index contributed by atoms with van der Waals surface area (Å²) >= 11 is 0. The molecule has 0 radical (unpaired) electrons. The molecule has 0 aromatic heterocycles. The van der Waals surface area contributed by atoms with Gasteiger partial charge in [0.2, 0.25) is 0 Å². The van der Waals surface area contributed by atoms with Gasteiger partial charge in [0.25, 0.3) is 17.9 Å². The van der Waals surface area contributed by atoms with Gasteiger partial charge in [-0.05, 0) is 0 Å². The van der Waals surface area contributed by atoms with E-state index >= 15 is 0 Å². The molecule has 0 unspecified atom stereocenters. The largest absolute Gasteiger partial charge is 0.481 e. The summed E-state index contributed by atoms with van der Waals surface area (Å²) in [4.78, 5) is 27.0. The predicted molar refractivity (Wildman–Crippen MR) is 95.2 cm³/mol. The van der Waals surface area contributed by atoms with Crippen molar-refractivity contribution in [2.24, 2.45) is 0 Å². The quantitative estimate of drug-likeness (QED) is 0.454. The molecule has 0 saturated carbocycles. The Bertz CT molecular complexity index is 506. The molecule has 146 valence electrons. The van der Waals surface area contributed by atoms with Crippen LogP contribution in [-0.4, -0.2) is 33.2 Å². The Morgan fingerprint density at radius 3 is 1.15 bits per heavy atom. The summed E-state index contributed by atoms with van der Waals surface area (Å²) < 4.78 is 0. The van der Waals surface area contributed by atoms with Gasteiger partial charge in [-0.25, -0.2) is 0 Å². The normalized spacial score (nSPS) is 13.3. The predicted octanol–water partition coefficient (Wildman–Crippen LogP) is 3.43. The molecule has 7 heteroatoms. The molecule has 0 fully saturated rings. The van der Waals surface area contributed by atoms with Crippen molar-refractivity contribution in [2.45, 2.75) is 72.1 Å². The third kappa shape index (κ3) is 12.8. The number of hydrogen-bond acceptors (Lipinski definition) is 3. The maximum Gasteiger partial charge on any atom is 0.300 e. The van der Waals surface area contributed by atoms with E-state index in [1.54, 1.807) is 22.3 Å². The first-order valence-corrected chi connectivity index (χ1v) is 8.52. The van der Waals surface area contributed by atoms with E-state index in [4.69, 9.17) is 29.7 Å². The number of fused-ring (bicyclic) bond motifs is 3. The maximum absolute atomic E-state index is 9.00. The fourth-order valence-corrected chi connectivity index (χ4v) is 3.08. The van der Waals surface area contributed by atoms with E-state index in [1.807, 2.05) is 0 Å². The summed E-state index contributed by atoms with van der Waals surface area (Å²) in [6, 6.07) is 2.52. The number of carbonyl (C=O) groups is 3. The molecule has 0 spiro atoms. The minimum atomic E-state index is -0.833. The Hall–Kier alpha value is -1.53. The van der Waals surface area contributed by atoms with Gasteiger partial charge in [-0.3, -0.25) is 14.4 Å². The summed E-state index contributed by atoms with van der Waals surface area (Å²) in [5.41, 5.74) is 6.94. The molecule has 1 aromatic rings. The van der Waals surface area contributed by atoms with Crippen LogP contribution in [0.3, 0.4) is 0 Å². The van der Waals surface area contributed by atoms with Crippen molar-refractivity contribution in [3.63, 3.8) is 0 Å². The van der Waals surface area contributed by atoms with Crippen molar-refractivity contribution in [3.8, 4) is 0 Å². The second-order valence-corrected chi connectivity index (χ2v) is 6.12. The van der Waals surface area contributed by atoms with Crippen LogP contribution >= 0.6 is 0 Å². The molecular formula is C19H29O6Ti-. The number of carboxylic acid groups (broad SMARTS) is 3. The number of rotatable bonds is 0. The van der Waals surface area contributed by atoms with Gasteiger partial charge in [-0.1, -0.05) is 51.4 Å². The first kappa shape index (κ1) is 26.7. The van der Waals surface area contributed by atoms with Gasteiger partial charge >= 0.3 is 0 Å². The van der Waals surface area contributed by atoms with Crippen LogP contribution in [-0.2, 0) is 61.8 Å². The molecule has 1 aromatic carbocycles. The second kappa shape index (κ2) is 14.6. The molecule has 2 aliphatic rings. The maximum atomic E-state index is 9.00. The number of aliphatic carboxylic acids is 3. The van der Waals surface area contributed by atoms with Gasteiger partial charge in [0.05, 0.1) is 0 Å². The van der Waals surface area contributed by atoms with Gasteiger partial charge in [0.1, 0.15) is 0 Å². The first-order valence-electron chi connectivity index (χ1n) is 8.52. The van der Waals surface area contributed by atoms with E-state index in [2.05, 4.69) is 6.07 Å². The topological polar surface area (TPSA) is 112 Å². The van der Waals surface area contributed by atoms with Crippen LogP contribution in [0.2, 0.25) is 0 Å². The molecule has 0 saturated heterocycles. The molecular weight excluding hydrogens is 372 g/mol. The molecule has 0 amide bonds. The van der Waals surface area contributed by atoms with E-state index in [9.17, 15) is 0 Å². The number of hydrogen-bond donors (Lipinski definition) is 3. The Morgan fingerprint density at radius 1 is 0.654 bits per heavy atom. The average Bonchev–Trinajstić information content (AvgIpc) is 2.84. The number of aryl methyl sites for hydroxylation is 2. The van der Waals surface area contributed by atoms with E-state index in [0.717, 1.165) is 20.8 Å². The fraction of sp³-hybridized carbons (Fsp3) is 0.579. The Kier molecular flexibility index (Phi) is 15.0. The van der Waals surface area contributed by atoms with Crippen LogP contribution in [0.25, 0.3) is 0 Å². The molecule has 0 heterocycles. The summed E-state index contributed by atoms with van der Waals surface area (Å²) in [5, 5.41) is 22.2. The number of carboxylic acids is 3. The summed E-state index contributed by atoms with van der Waals surface area (Å²) in [5.74, 6) is -2.50. The Morgan fingerprint density at radius 2 is 0.885 bits per heavy atom. The van der Waals surface area contributed by atoms with Crippen molar-refractivity contribution in [2.75, 3.05) is 0 Å². The van der Waals surface area contributed by atoms with Gasteiger partial charge in [0, 0.05) is 42.5 Å². The monoisotopic (exact) mass is 401 g/mol. The van der Waals surface area contributed by atoms with Crippen LogP contribution < -0.4 is 0 Å². The van der Waals surface area contributed by atoms with Crippen molar-refractivity contribution < 1.29 is 51.4 Å². The van der Waals surface area contributed by atoms with Crippen LogP contribution in [0.1, 0.15) is 68.7 Å². The third-order valence-corrected chi connectivity index (χ3v) is 3.73. The zero-order chi connectivity index (χ0) is 19.4. The molecule has 0 bridgehead atoms. The van der Waals surface area contributed by atoms with E-state index in [-0.39, 0.29) is 21.7 Å². The summed E-state index contributed by atoms with van der Waals surface area (Å²) in [6.45, 7) is 3.25. The van der Waals surface area contributed by atoms with Gasteiger partial charge in [-0.2, -0.15) is 28.3 Å². The van der Waals surface area contributed by atoms with E-state index in [0.29, 0.717) is 0 Å². The zero-order valence-electron chi connectivity index (χ0n) is 15.8. The minimum Gasteiger partial charge on any atom is -0.481 e. The Labute approximate surface area is 169 Å². The summed E-state index contributed by atoms with van der Waals surface area (Å²) in [6.07, 6.45) is 11.2. The van der Waals surface area contributed by atoms with Crippen molar-refractivity contribution in [3.05, 3.63) is 28.3 Å². The molecule has 6 nitrogen and oxygen atoms in total. The van der Waals surface area contributed by atoms with E-state index in [1.165, 1.54) is 51.4 Å². The summed E-state index contributed by atoms with van der Waals surface area (Å²) in [7, 11) is 0. The van der Waals surface area contributed by atoms with Crippen molar-refractivity contribution in [1.82, 2.24) is 0 Å². The smallest absolute Gasteiger partial charge is 0.300 e. The minimum absolute atomic E-state index is 0. The van der Waals surface area contributed by atoms with Crippen LogP contribution in [0.15, 0.2) is 6.07 Å². The van der Waals surface area contributed by atoms with Gasteiger partial charge < -0.3 is 15.3 Å². The Balaban J connectivity index is 0. The standard InChI is InChI=1S/C13H17.3C2H4O2.Ti/c1-3-7-12-10(5-1)9-11-6-2-4-8-13(11)12;3*1-2(3)4;/h9H,1-8H2;3*1H3,(H,3,4);/q-1;;;;. The van der Waals surface area contributed by atoms with Crippen LogP contribution in [0, 0.1) is 0 Å². The first-order chi connectivity index (χ1) is 11.6. The SMILES string of the molecule is CC(=O)O.CC(=O)O.CC(=O)O.[Ti].[cH-]1c2c(c3c1CCCC3)CCCC2. The van der Waals surface area contributed by atoms with Crippen LogP contribution in [0.4, 0.5) is 0 Å². The second-order valence-electron chi connectivity index (χ2n) is 6.12. The molecule has 3 rings (SSSR count). The van der Waals surface area contributed by atoms with Crippen molar-refractivity contribution >= 4 is 17.9 Å². The van der Waals surface area contributed by atoms with Gasteiger partial charge in [0.15, 0.2) is 0 Å². The van der Waals surface area contributed by atoms with Crippen molar-refractivity contribution in [1.29, 1.82) is 0 Å². The van der Waals surface area contributed by atoms with Gasteiger partial charge in [-0.15, -0.1) is 0 Å². The molecule has 0 aliphatic heterocycles. The molecule has 0 atom stereocenters. The average molecular weight is 401 g/mol. The molecule has 26 heavy (non-hydrogen) atoms.